The van der Waals surface area contributed by atoms with Gasteiger partial charge in [-0.2, -0.15) is 65.9 Å². The van der Waals surface area contributed by atoms with Crippen molar-refractivity contribution in [1.29, 1.82) is 0 Å². The summed E-state index contributed by atoms with van der Waals surface area (Å²) in [6, 6.07) is 1.34. The van der Waals surface area contributed by atoms with Crippen molar-refractivity contribution < 1.29 is 94.1 Å². The Morgan fingerprint density at radius 1 is 0.658 bits per heavy atom. The van der Waals surface area contributed by atoms with Crippen LogP contribution in [0.2, 0.25) is 0 Å². The van der Waals surface area contributed by atoms with Crippen molar-refractivity contribution in [3.8, 4) is 5.75 Å². The fourth-order valence-electron chi connectivity index (χ4n) is 2.22. The van der Waals surface area contributed by atoms with E-state index in [9.17, 15) is 84.4 Å². The molecule has 0 atom stereocenters. The monoisotopic (exact) mass is 617 g/mol. The predicted octanol–water partition coefficient (Wildman–Crippen LogP) is 5.52. The quantitative estimate of drug-likeness (QED) is 0.277. The van der Waals surface area contributed by atoms with Crippen molar-refractivity contribution in [3.05, 3.63) is 41.5 Å². The van der Waals surface area contributed by atoms with Crippen molar-refractivity contribution in [2.75, 3.05) is 0 Å². The van der Waals surface area contributed by atoms with E-state index in [-0.39, 0.29) is 12.1 Å². The zero-order valence-corrected chi connectivity index (χ0v) is 18.0. The third kappa shape index (κ3) is 5.89. The summed E-state index contributed by atoms with van der Waals surface area (Å²) in [7, 11) is -5.01. The van der Waals surface area contributed by atoms with Crippen LogP contribution in [-0.4, -0.2) is 46.8 Å². The van der Waals surface area contributed by atoms with Gasteiger partial charge < -0.3 is 14.5 Å². The molecule has 0 heterocycles. The number of benzene rings is 1. The fourth-order valence-corrected chi connectivity index (χ4v) is 2.89. The van der Waals surface area contributed by atoms with E-state index in [1.807, 2.05) is 0 Å². The molecule has 0 spiro atoms. The van der Waals surface area contributed by atoms with E-state index in [2.05, 4.69) is 4.74 Å². The lowest BCUT2D eigenvalue weighted by atomic mass is 9.96. The Morgan fingerprint density at radius 2 is 1.05 bits per heavy atom. The Morgan fingerprint density at radius 3 is 1.42 bits per heavy atom. The summed E-state index contributed by atoms with van der Waals surface area (Å²) in [5.74, 6) is -51.8. The Labute approximate surface area is 198 Å². The first-order chi connectivity index (χ1) is 16.5. The van der Waals surface area contributed by atoms with Crippen LogP contribution in [0.25, 0.3) is 0 Å². The summed E-state index contributed by atoms with van der Waals surface area (Å²) in [4.78, 5) is 30.0. The molecule has 0 bridgehead atoms. The molecular formula is C16H7F17O4P-. The first kappa shape index (κ1) is 33.9. The number of ether oxygens (including phenoxy) is 1. The van der Waals surface area contributed by atoms with Crippen LogP contribution < -0.4 is 14.5 Å². The summed E-state index contributed by atoms with van der Waals surface area (Å²) in [5, 5.41) is 0. The first-order valence-electron chi connectivity index (χ1n) is 8.68. The average molecular weight is 617 g/mol. The molecule has 0 aliphatic rings. The number of rotatable bonds is 10. The molecule has 0 radical (unpaired) electrons. The van der Waals surface area contributed by atoms with Crippen molar-refractivity contribution in [3.63, 3.8) is 0 Å². The zero-order valence-electron chi connectivity index (χ0n) is 17.1. The normalized spacial score (nSPS) is 15.9. The van der Waals surface area contributed by atoms with E-state index in [0.717, 1.165) is 0 Å². The van der Waals surface area contributed by atoms with E-state index >= 15 is 0 Å². The summed E-state index contributed by atoms with van der Waals surface area (Å²) in [6.07, 6.45) is -15.5. The van der Waals surface area contributed by atoms with Gasteiger partial charge >= 0.3 is 41.9 Å². The fraction of sp³-hybridized carbons (Fsp3) is 0.500. The van der Waals surface area contributed by atoms with E-state index in [1.54, 1.807) is 0 Å². The third-order valence-corrected chi connectivity index (χ3v) is 4.97. The number of hydrogen-bond donors (Lipinski definition) is 1. The molecule has 0 aromatic heterocycles. The zero-order chi connectivity index (χ0) is 30.6. The van der Waals surface area contributed by atoms with Crippen LogP contribution in [-0.2, 0) is 6.16 Å². The van der Waals surface area contributed by atoms with Crippen LogP contribution >= 0.6 is 7.94 Å². The van der Waals surface area contributed by atoms with E-state index in [4.69, 9.17) is 4.89 Å². The van der Waals surface area contributed by atoms with Gasteiger partial charge in [-0.25, -0.2) is 8.78 Å². The molecule has 38 heavy (non-hydrogen) atoms. The number of alkyl halides is 15. The maximum absolute atomic E-state index is 13.7. The Balaban J connectivity index is 3.47. The van der Waals surface area contributed by atoms with Crippen molar-refractivity contribution in [1.82, 2.24) is 0 Å². The highest BCUT2D eigenvalue weighted by Crippen LogP contribution is 2.60. The van der Waals surface area contributed by atoms with Gasteiger partial charge in [0.25, 0.3) is 0 Å². The maximum atomic E-state index is 13.7. The van der Waals surface area contributed by atoms with Gasteiger partial charge in [-0.3, -0.25) is 4.89 Å². The van der Waals surface area contributed by atoms with E-state index in [1.165, 1.54) is 0 Å². The molecule has 1 aromatic carbocycles. The molecule has 0 fully saturated rings. The highest BCUT2D eigenvalue weighted by molar-refractivity contribution is 7.54. The van der Waals surface area contributed by atoms with Gasteiger partial charge in [0.15, 0.2) is 0 Å². The smallest absolute Gasteiger partial charge is 0.471 e. The predicted molar refractivity (Wildman–Crippen MR) is 84.9 cm³/mol. The maximum Gasteiger partial charge on any atom is 0.471 e. The summed E-state index contributed by atoms with van der Waals surface area (Å²) in [6.45, 7) is 0. The van der Waals surface area contributed by atoms with Gasteiger partial charge in [-0.15, -0.1) is 0 Å². The minimum Gasteiger partial charge on any atom is -0.659 e. The van der Waals surface area contributed by atoms with Gasteiger partial charge in [0.2, 0.25) is 11.7 Å². The van der Waals surface area contributed by atoms with Crippen LogP contribution in [0.5, 0.6) is 5.75 Å². The highest BCUT2D eigenvalue weighted by Gasteiger charge is 2.88. The molecule has 1 rings (SSSR count). The minimum atomic E-state index is -8.36. The SMILES string of the molecule is [O-][P+]([O-])(O)Cc1ccc(OC(F)(F)C(F)(F)/C(F)=C(\F)C(F)(F)C(F)(F)C(F)(F)C(F)(F)C(F)(F)F)cc1. The summed E-state index contributed by atoms with van der Waals surface area (Å²) in [5.41, 5.74) is -0.427. The van der Waals surface area contributed by atoms with Crippen molar-refractivity contribution in [2.24, 2.45) is 0 Å². The molecule has 22 heteroatoms. The van der Waals surface area contributed by atoms with Crippen molar-refractivity contribution >= 4 is 7.94 Å². The second kappa shape index (κ2) is 9.81. The second-order valence-electron chi connectivity index (χ2n) is 7.06. The standard InChI is InChI=1S/C16H8F17O4P/c17-8(10(19,20)12(23,24)13(25,26)14(27,28)15(29,30)31)9(18)11(21,22)16(32,33)37-7-3-1-6(2-4-7)5-38(34,35)36/h1-4H,5H2,(H2,34,35,36)/p-1/b9-8+. The van der Waals surface area contributed by atoms with Crippen LogP contribution in [0.1, 0.15) is 5.56 Å². The molecule has 220 valence electrons. The van der Waals surface area contributed by atoms with E-state index < -0.39 is 79.0 Å². The summed E-state index contributed by atoms with van der Waals surface area (Å²) < 4.78 is 227. The molecule has 0 aliphatic heterocycles. The summed E-state index contributed by atoms with van der Waals surface area (Å²) >= 11 is 0. The number of halogens is 17. The minimum absolute atomic E-state index is 0.190. The van der Waals surface area contributed by atoms with Gasteiger partial charge in [-0.05, 0) is 17.7 Å². The number of hydrogen-bond acceptors (Lipinski definition) is 4. The molecule has 0 unspecified atom stereocenters. The van der Waals surface area contributed by atoms with Crippen LogP contribution in [0.15, 0.2) is 35.9 Å². The average Bonchev–Trinajstić information content (AvgIpc) is 2.71. The molecular weight excluding hydrogens is 610 g/mol. The van der Waals surface area contributed by atoms with Crippen LogP contribution in [0, 0.1) is 0 Å². The lowest BCUT2D eigenvalue weighted by Crippen LogP contribution is -2.66. The first-order valence-corrected chi connectivity index (χ1v) is 10.4. The van der Waals surface area contributed by atoms with Crippen LogP contribution in [0.4, 0.5) is 74.6 Å². The largest absolute Gasteiger partial charge is 0.659 e. The van der Waals surface area contributed by atoms with Crippen molar-refractivity contribution in [2.45, 2.75) is 48.1 Å². The molecule has 1 aromatic rings. The number of allylic oxidation sites excluding steroid dienone is 1. The molecule has 4 nitrogen and oxygen atoms in total. The lowest BCUT2D eigenvalue weighted by Gasteiger charge is -2.37. The molecule has 1 N–H and O–H groups in total. The molecule has 0 saturated carbocycles. The van der Waals surface area contributed by atoms with Gasteiger partial charge in [0.05, 0.1) is 7.94 Å². The van der Waals surface area contributed by atoms with Gasteiger partial charge in [0.1, 0.15) is 11.9 Å². The topological polar surface area (TPSA) is 75.6 Å². The Hall–Kier alpha value is -2.12. The molecule has 0 saturated heterocycles. The lowest BCUT2D eigenvalue weighted by molar-refractivity contribution is -0.419. The Bertz CT molecular complexity index is 1030. The molecule has 0 amide bonds. The highest BCUT2D eigenvalue weighted by atomic mass is 31.2. The van der Waals surface area contributed by atoms with Gasteiger partial charge in [0, 0.05) is 0 Å². The van der Waals surface area contributed by atoms with E-state index in [0.29, 0.717) is 12.1 Å². The third-order valence-electron chi connectivity index (χ3n) is 4.20. The van der Waals surface area contributed by atoms with Gasteiger partial charge in [-0.1, -0.05) is 12.1 Å². The second-order valence-corrected chi connectivity index (χ2v) is 8.65. The van der Waals surface area contributed by atoms with Crippen LogP contribution in [0.3, 0.4) is 0 Å². The molecule has 0 aliphatic carbocycles. The Kier molecular flexibility index (Phi) is 8.75.